The molecule has 1 atom stereocenters. The normalized spacial score (nSPS) is 12.6. The molecule has 1 aromatic heterocycles. The number of hydrogen-bond acceptors (Lipinski definition) is 2. The molecular weight excluding hydrogens is 306 g/mol. The van der Waals surface area contributed by atoms with Crippen molar-refractivity contribution in [1.82, 2.24) is 5.32 Å². The highest BCUT2D eigenvalue weighted by molar-refractivity contribution is 9.11. The van der Waals surface area contributed by atoms with Gasteiger partial charge in [-0.1, -0.05) is 29.8 Å². The summed E-state index contributed by atoms with van der Waals surface area (Å²) < 4.78 is 1.21. The Kier molecular flexibility index (Phi) is 4.98. The summed E-state index contributed by atoms with van der Waals surface area (Å²) in [7, 11) is 2.04. The van der Waals surface area contributed by atoms with Gasteiger partial charge in [0, 0.05) is 10.9 Å². The Morgan fingerprint density at radius 2 is 2.06 bits per heavy atom. The monoisotopic (exact) mass is 323 g/mol. The lowest BCUT2D eigenvalue weighted by molar-refractivity contribution is 0.560. The molecule has 0 saturated carbocycles. The number of halogens is 1. The molecule has 96 valence electrons. The van der Waals surface area contributed by atoms with E-state index in [1.54, 1.807) is 0 Å². The SMILES string of the molecule is CNC(Cc1cccc(C)c1)Cc1ccc(Br)s1. The lowest BCUT2D eigenvalue weighted by Gasteiger charge is -2.15. The van der Waals surface area contributed by atoms with Crippen LogP contribution in [0.4, 0.5) is 0 Å². The van der Waals surface area contributed by atoms with E-state index in [4.69, 9.17) is 0 Å². The molecule has 1 heterocycles. The molecule has 1 N–H and O–H groups in total. The van der Waals surface area contributed by atoms with Crippen LogP contribution < -0.4 is 5.32 Å². The Labute approximate surface area is 121 Å². The summed E-state index contributed by atoms with van der Waals surface area (Å²) in [5.41, 5.74) is 2.74. The van der Waals surface area contributed by atoms with Gasteiger partial charge in [-0.15, -0.1) is 11.3 Å². The molecule has 2 rings (SSSR count). The van der Waals surface area contributed by atoms with Gasteiger partial charge in [0.25, 0.3) is 0 Å². The summed E-state index contributed by atoms with van der Waals surface area (Å²) >= 11 is 5.34. The molecule has 1 nitrogen and oxygen atoms in total. The third kappa shape index (κ3) is 3.94. The van der Waals surface area contributed by atoms with Gasteiger partial charge >= 0.3 is 0 Å². The number of thiophene rings is 1. The molecule has 2 aromatic rings. The molecule has 1 aromatic carbocycles. The zero-order valence-corrected chi connectivity index (χ0v) is 13.1. The van der Waals surface area contributed by atoms with Crippen LogP contribution in [0.3, 0.4) is 0 Å². The quantitative estimate of drug-likeness (QED) is 0.869. The number of rotatable bonds is 5. The van der Waals surface area contributed by atoms with Gasteiger partial charge in [-0.05, 0) is 60.4 Å². The molecule has 0 saturated heterocycles. The molecule has 0 aliphatic heterocycles. The predicted octanol–water partition coefficient (Wildman–Crippen LogP) is 4.19. The third-order valence-electron chi connectivity index (χ3n) is 3.05. The smallest absolute Gasteiger partial charge is 0.0701 e. The van der Waals surface area contributed by atoms with E-state index in [0.29, 0.717) is 6.04 Å². The largest absolute Gasteiger partial charge is 0.316 e. The number of likely N-dealkylation sites (N-methyl/N-ethyl adjacent to an activating group) is 1. The molecule has 0 amide bonds. The lowest BCUT2D eigenvalue weighted by atomic mass is 10.0. The maximum absolute atomic E-state index is 3.52. The van der Waals surface area contributed by atoms with Gasteiger partial charge in [-0.25, -0.2) is 0 Å². The van der Waals surface area contributed by atoms with E-state index in [1.807, 2.05) is 18.4 Å². The van der Waals surface area contributed by atoms with Crippen molar-refractivity contribution in [1.29, 1.82) is 0 Å². The summed E-state index contributed by atoms with van der Waals surface area (Å²) in [6.45, 7) is 2.15. The van der Waals surface area contributed by atoms with Crippen molar-refractivity contribution < 1.29 is 0 Å². The molecule has 0 aliphatic carbocycles. The van der Waals surface area contributed by atoms with Crippen molar-refractivity contribution >= 4 is 27.3 Å². The maximum Gasteiger partial charge on any atom is 0.0701 e. The molecular formula is C15H18BrNS. The van der Waals surface area contributed by atoms with Crippen molar-refractivity contribution in [3.05, 3.63) is 56.2 Å². The maximum atomic E-state index is 3.52. The van der Waals surface area contributed by atoms with Crippen LogP contribution in [-0.4, -0.2) is 13.1 Å². The fraction of sp³-hybridized carbons (Fsp3) is 0.333. The first-order valence-electron chi connectivity index (χ1n) is 6.14. The van der Waals surface area contributed by atoms with E-state index in [9.17, 15) is 0 Å². The average Bonchev–Trinajstić information content (AvgIpc) is 2.74. The van der Waals surface area contributed by atoms with Gasteiger partial charge in [-0.3, -0.25) is 0 Å². The first kappa shape index (κ1) is 13.8. The highest BCUT2D eigenvalue weighted by Gasteiger charge is 2.10. The van der Waals surface area contributed by atoms with E-state index in [-0.39, 0.29) is 0 Å². The second-order valence-corrected chi connectivity index (χ2v) is 7.14. The zero-order chi connectivity index (χ0) is 13.0. The summed E-state index contributed by atoms with van der Waals surface area (Å²) in [4.78, 5) is 1.42. The van der Waals surface area contributed by atoms with E-state index >= 15 is 0 Å². The van der Waals surface area contributed by atoms with Gasteiger partial charge < -0.3 is 5.32 Å². The van der Waals surface area contributed by atoms with Gasteiger partial charge in [-0.2, -0.15) is 0 Å². The van der Waals surface area contributed by atoms with Crippen molar-refractivity contribution in [2.45, 2.75) is 25.8 Å². The Hall–Kier alpha value is -0.640. The van der Waals surface area contributed by atoms with Crippen LogP contribution in [0.1, 0.15) is 16.0 Å². The van der Waals surface area contributed by atoms with E-state index in [2.05, 4.69) is 64.6 Å². The molecule has 0 radical (unpaired) electrons. The molecule has 0 spiro atoms. The van der Waals surface area contributed by atoms with Crippen molar-refractivity contribution in [3.63, 3.8) is 0 Å². The number of aryl methyl sites for hydroxylation is 1. The number of nitrogens with one attached hydrogen (secondary N) is 1. The zero-order valence-electron chi connectivity index (χ0n) is 10.7. The average molecular weight is 324 g/mol. The highest BCUT2D eigenvalue weighted by Crippen LogP contribution is 2.23. The molecule has 1 unspecified atom stereocenters. The molecule has 0 aliphatic rings. The van der Waals surface area contributed by atoms with Gasteiger partial charge in [0.15, 0.2) is 0 Å². The second-order valence-electron chi connectivity index (χ2n) is 4.59. The molecule has 3 heteroatoms. The molecule has 0 bridgehead atoms. The molecule has 18 heavy (non-hydrogen) atoms. The van der Waals surface area contributed by atoms with Crippen LogP contribution in [-0.2, 0) is 12.8 Å². The van der Waals surface area contributed by atoms with E-state index in [0.717, 1.165) is 12.8 Å². The Bertz CT molecular complexity index is 507. The van der Waals surface area contributed by atoms with Crippen LogP contribution in [0.2, 0.25) is 0 Å². The van der Waals surface area contributed by atoms with Crippen LogP contribution in [0.15, 0.2) is 40.2 Å². The lowest BCUT2D eigenvalue weighted by Crippen LogP contribution is -2.29. The van der Waals surface area contributed by atoms with Crippen LogP contribution in [0.25, 0.3) is 0 Å². The van der Waals surface area contributed by atoms with Crippen molar-refractivity contribution in [2.75, 3.05) is 7.05 Å². The summed E-state index contributed by atoms with van der Waals surface area (Å²) in [6.07, 6.45) is 2.16. The summed E-state index contributed by atoms with van der Waals surface area (Å²) in [5.74, 6) is 0. The number of hydrogen-bond donors (Lipinski definition) is 1. The minimum absolute atomic E-state index is 0.498. The Morgan fingerprint density at radius 1 is 1.22 bits per heavy atom. The van der Waals surface area contributed by atoms with E-state index < -0.39 is 0 Å². The minimum Gasteiger partial charge on any atom is -0.316 e. The first-order valence-corrected chi connectivity index (χ1v) is 7.75. The topological polar surface area (TPSA) is 12.0 Å². The molecule has 0 fully saturated rings. The summed E-state index contributed by atoms with van der Waals surface area (Å²) in [5, 5.41) is 3.42. The second kappa shape index (κ2) is 6.50. The third-order valence-corrected chi connectivity index (χ3v) is 4.70. The fourth-order valence-electron chi connectivity index (χ4n) is 2.10. The van der Waals surface area contributed by atoms with Gasteiger partial charge in [0.1, 0.15) is 0 Å². The van der Waals surface area contributed by atoms with E-state index in [1.165, 1.54) is 19.8 Å². The number of benzene rings is 1. The van der Waals surface area contributed by atoms with Crippen molar-refractivity contribution in [2.24, 2.45) is 0 Å². The Balaban J connectivity index is 2.01. The van der Waals surface area contributed by atoms with Gasteiger partial charge in [0.2, 0.25) is 0 Å². The van der Waals surface area contributed by atoms with Crippen LogP contribution >= 0.6 is 27.3 Å². The fourth-order valence-corrected chi connectivity index (χ4v) is 3.67. The first-order chi connectivity index (χ1) is 8.67. The standard InChI is InChI=1S/C15H18BrNS/c1-11-4-3-5-12(8-11)9-13(17-2)10-14-6-7-15(16)18-14/h3-8,13,17H,9-10H2,1-2H3. The van der Waals surface area contributed by atoms with Gasteiger partial charge in [0.05, 0.1) is 3.79 Å². The van der Waals surface area contributed by atoms with Crippen LogP contribution in [0.5, 0.6) is 0 Å². The highest BCUT2D eigenvalue weighted by atomic mass is 79.9. The minimum atomic E-state index is 0.498. The van der Waals surface area contributed by atoms with Crippen LogP contribution in [0, 0.1) is 6.92 Å². The summed E-state index contributed by atoms with van der Waals surface area (Å²) in [6, 6.07) is 13.6. The van der Waals surface area contributed by atoms with Crippen molar-refractivity contribution in [3.8, 4) is 0 Å². The predicted molar refractivity (Wildman–Crippen MR) is 83.5 cm³/mol. The Morgan fingerprint density at radius 3 is 2.67 bits per heavy atom.